The molecular weight excluding hydrogens is 192 g/mol. The summed E-state index contributed by atoms with van der Waals surface area (Å²) >= 11 is 0. The Hall–Kier alpha value is -1.32. The maximum Gasteiger partial charge on any atom is 0.292 e. The fraction of sp³-hybridized carbons (Fsp3) is 0.636. The molecule has 1 heterocycles. The van der Waals surface area contributed by atoms with Crippen LogP contribution >= 0.6 is 0 Å². The normalized spacial score (nSPS) is 17.9. The number of hydrogen-bond donors (Lipinski definition) is 1. The Labute approximate surface area is 88.9 Å². The molecule has 1 fully saturated rings. The number of rotatable bonds is 2. The summed E-state index contributed by atoms with van der Waals surface area (Å²) in [6, 6.07) is 0.112. The van der Waals surface area contributed by atoms with Crippen LogP contribution in [0.4, 0.5) is 6.01 Å². The first-order valence-corrected chi connectivity index (χ1v) is 5.45. The van der Waals surface area contributed by atoms with Crippen molar-refractivity contribution < 1.29 is 9.21 Å². The number of anilines is 1. The van der Waals surface area contributed by atoms with E-state index in [1.807, 2.05) is 0 Å². The fourth-order valence-electron chi connectivity index (χ4n) is 2.24. The predicted octanol–water partition coefficient (Wildman–Crippen LogP) is 2.51. The van der Waals surface area contributed by atoms with Crippen LogP contribution in [0.5, 0.6) is 0 Å². The number of nitrogens with two attached hydrogens (primary N) is 1. The first-order chi connectivity index (χ1) is 7.18. The Bertz CT molecular complexity index is 365. The molecule has 0 spiro atoms. The van der Waals surface area contributed by atoms with Gasteiger partial charge in [0.1, 0.15) is 11.5 Å². The van der Waals surface area contributed by atoms with E-state index < -0.39 is 0 Å². The molecule has 4 nitrogen and oxygen atoms in total. The van der Waals surface area contributed by atoms with Crippen LogP contribution in [0, 0.1) is 0 Å². The van der Waals surface area contributed by atoms with Crippen molar-refractivity contribution in [2.75, 3.05) is 5.73 Å². The number of carbonyl (C=O) groups is 1. The van der Waals surface area contributed by atoms with Gasteiger partial charge in [-0.25, -0.2) is 0 Å². The number of nitrogen functional groups attached to an aromatic ring is 1. The third-order valence-electron chi connectivity index (χ3n) is 2.98. The van der Waals surface area contributed by atoms with Gasteiger partial charge in [-0.2, -0.15) is 4.98 Å². The van der Waals surface area contributed by atoms with Crippen LogP contribution in [0.25, 0.3) is 0 Å². The number of Topliss-reactive ketones (excluding diaryl/α,β-unsaturated/α-hetero) is 1. The molecule has 2 rings (SSSR count). The summed E-state index contributed by atoms with van der Waals surface area (Å²) in [5, 5.41) is 0. The topological polar surface area (TPSA) is 69.1 Å². The van der Waals surface area contributed by atoms with E-state index in [2.05, 4.69) is 4.98 Å². The van der Waals surface area contributed by atoms with Crippen LogP contribution in [-0.4, -0.2) is 10.8 Å². The van der Waals surface area contributed by atoms with Gasteiger partial charge < -0.3 is 10.2 Å². The Kier molecular flexibility index (Phi) is 2.75. The Morgan fingerprint density at radius 3 is 2.67 bits per heavy atom. The molecule has 1 aliphatic rings. The van der Waals surface area contributed by atoms with Gasteiger partial charge in [0.25, 0.3) is 6.01 Å². The van der Waals surface area contributed by atoms with Gasteiger partial charge in [0.15, 0.2) is 5.78 Å². The SMILES string of the molecule is CC(=O)c1nc(N)oc1C1CCCCC1. The lowest BCUT2D eigenvalue weighted by Crippen LogP contribution is -2.08. The Morgan fingerprint density at radius 1 is 1.40 bits per heavy atom. The smallest absolute Gasteiger partial charge is 0.292 e. The molecule has 0 radical (unpaired) electrons. The highest BCUT2D eigenvalue weighted by molar-refractivity contribution is 5.93. The molecule has 0 atom stereocenters. The van der Waals surface area contributed by atoms with Crippen molar-refractivity contribution >= 4 is 11.8 Å². The molecule has 0 amide bonds. The van der Waals surface area contributed by atoms with Gasteiger partial charge in [-0.05, 0) is 12.8 Å². The van der Waals surface area contributed by atoms with E-state index in [0.717, 1.165) is 12.8 Å². The van der Waals surface area contributed by atoms with E-state index in [4.69, 9.17) is 10.2 Å². The van der Waals surface area contributed by atoms with E-state index >= 15 is 0 Å². The second-order valence-electron chi connectivity index (χ2n) is 4.16. The van der Waals surface area contributed by atoms with Crippen LogP contribution in [0.15, 0.2) is 4.42 Å². The number of carbonyl (C=O) groups excluding carboxylic acids is 1. The second kappa shape index (κ2) is 4.04. The zero-order valence-electron chi connectivity index (χ0n) is 8.95. The first-order valence-electron chi connectivity index (χ1n) is 5.45. The summed E-state index contributed by atoms with van der Waals surface area (Å²) in [7, 11) is 0. The van der Waals surface area contributed by atoms with Crippen molar-refractivity contribution in [2.24, 2.45) is 0 Å². The Balaban J connectivity index is 2.28. The summed E-state index contributed by atoms with van der Waals surface area (Å²) in [6.07, 6.45) is 5.82. The van der Waals surface area contributed by atoms with Gasteiger partial charge in [-0.3, -0.25) is 4.79 Å². The van der Waals surface area contributed by atoms with Crippen LogP contribution in [-0.2, 0) is 0 Å². The zero-order valence-corrected chi connectivity index (χ0v) is 8.95. The molecule has 0 aromatic carbocycles. The van der Waals surface area contributed by atoms with Crippen molar-refractivity contribution in [3.63, 3.8) is 0 Å². The second-order valence-corrected chi connectivity index (χ2v) is 4.16. The predicted molar refractivity (Wildman–Crippen MR) is 56.7 cm³/mol. The maximum absolute atomic E-state index is 11.3. The number of nitrogens with zero attached hydrogens (tertiary/aromatic N) is 1. The van der Waals surface area contributed by atoms with Crippen LogP contribution in [0.3, 0.4) is 0 Å². The molecule has 0 bridgehead atoms. The fourth-order valence-corrected chi connectivity index (χ4v) is 2.24. The van der Waals surface area contributed by atoms with Gasteiger partial charge in [-0.1, -0.05) is 19.3 Å². The lowest BCUT2D eigenvalue weighted by molar-refractivity contribution is 0.101. The number of oxazole rings is 1. The van der Waals surface area contributed by atoms with Gasteiger partial charge in [0, 0.05) is 12.8 Å². The summed E-state index contributed by atoms with van der Waals surface area (Å²) in [4.78, 5) is 15.3. The van der Waals surface area contributed by atoms with Crippen molar-refractivity contribution in [2.45, 2.75) is 44.9 Å². The summed E-state index contributed by atoms with van der Waals surface area (Å²) < 4.78 is 5.36. The highest BCUT2D eigenvalue weighted by atomic mass is 16.4. The van der Waals surface area contributed by atoms with Gasteiger partial charge >= 0.3 is 0 Å². The van der Waals surface area contributed by atoms with Crippen molar-refractivity contribution in [3.05, 3.63) is 11.5 Å². The summed E-state index contributed by atoms with van der Waals surface area (Å²) in [5.74, 6) is 0.984. The van der Waals surface area contributed by atoms with Crippen LogP contribution in [0.2, 0.25) is 0 Å². The van der Waals surface area contributed by atoms with Gasteiger partial charge in [0.05, 0.1) is 0 Å². The number of ketones is 1. The third-order valence-corrected chi connectivity index (χ3v) is 2.98. The van der Waals surface area contributed by atoms with Gasteiger partial charge in [-0.15, -0.1) is 0 Å². The lowest BCUT2D eigenvalue weighted by Gasteiger charge is -2.19. The average Bonchev–Trinajstić information content (AvgIpc) is 2.62. The standard InChI is InChI=1S/C11H16N2O2/c1-7(14)9-10(15-11(12)13-9)8-5-3-2-4-6-8/h8H,2-6H2,1H3,(H2,12,13). The van der Waals surface area contributed by atoms with Crippen molar-refractivity contribution in [1.82, 2.24) is 4.98 Å². The van der Waals surface area contributed by atoms with E-state index in [1.165, 1.54) is 26.2 Å². The molecular formula is C11H16N2O2. The molecule has 1 saturated carbocycles. The number of aromatic nitrogens is 1. The molecule has 1 aliphatic carbocycles. The van der Waals surface area contributed by atoms with E-state index in [0.29, 0.717) is 17.4 Å². The minimum absolute atomic E-state index is 0.0592. The minimum Gasteiger partial charge on any atom is -0.428 e. The lowest BCUT2D eigenvalue weighted by atomic mass is 9.86. The first kappa shape index (κ1) is 10.2. The molecule has 82 valence electrons. The van der Waals surface area contributed by atoms with Crippen molar-refractivity contribution in [3.8, 4) is 0 Å². The molecule has 15 heavy (non-hydrogen) atoms. The molecule has 1 aromatic rings. The zero-order chi connectivity index (χ0) is 10.8. The van der Waals surface area contributed by atoms with E-state index in [1.54, 1.807) is 0 Å². The van der Waals surface area contributed by atoms with E-state index in [9.17, 15) is 4.79 Å². The quantitative estimate of drug-likeness (QED) is 0.758. The monoisotopic (exact) mass is 208 g/mol. The van der Waals surface area contributed by atoms with Crippen molar-refractivity contribution in [1.29, 1.82) is 0 Å². The maximum atomic E-state index is 11.3. The third kappa shape index (κ3) is 2.03. The highest BCUT2D eigenvalue weighted by Crippen LogP contribution is 2.35. The van der Waals surface area contributed by atoms with Crippen LogP contribution in [0.1, 0.15) is 61.2 Å². The van der Waals surface area contributed by atoms with E-state index in [-0.39, 0.29) is 11.8 Å². The minimum atomic E-state index is -0.0592. The molecule has 0 saturated heterocycles. The summed E-state index contributed by atoms with van der Waals surface area (Å²) in [5.41, 5.74) is 5.92. The molecule has 1 aromatic heterocycles. The summed E-state index contributed by atoms with van der Waals surface area (Å²) in [6.45, 7) is 1.50. The number of hydrogen-bond acceptors (Lipinski definition) is 4. The molecule has 0 aliphatic heterocycles. The highest BCUT2D eigenvalue weighted by Gasteiger charge is 2.25. The van der Waals surface area contributed by atoms with Crippen LogP contribution < -0.4 is 5.73 Å². The largest absolute Gasteiger partial charge is 0.428 e. The molecule has 0 unspecified atom stereocenters. The average molecular weight is 208 g/mol. The van der Waals surface area contributed by atoms with Gasteiger partial charge in [0.2, 0.25) is 0 Å². The molecule has 2 N–H and O–H groups in total. The molecule has 4 heteroatoms. The Morgan fingerprint density at radius 2 is 2.07 bits per heavy atom.